The van der Waals surface area contributed by atoms with Crippen molar-refractivity contribution in [2.45, 2.75) is 13.5 Å². The monoisotopic (exact) mass is 243 g/mol. The summed E-state index contributed by atoms with van der Waals surface area (Å²) in [6.45, 7) is 2.05. The molecule has 18 heavy (non-hydrogen) atoms. The van der Waals surface area contributed by atoms with Crippen LogP contribution in [0.1, 0.15) is 21.5 Å². The molecule has 1 N–H and O–H groups in total. The van der Waals surface area contributed by atoms with Crippen molar-refractivity contribution >= 4 is 5.97 Å². The Morgan fingerprint density at radius 3 is 2.83 bits per heavy atom. The van der Waals surface area contributed by atoms with E-state index >= 15 is 0 Å². The Kier molecular flexibility index (Phi) is 3.57. The first-order chi connectivity index (χ1) is 8.66. The normalized spacial score (nSPS) is 10.1. The molecule has 1 aromatic heterocycles. The van der Waals surface area contributed by atoms with E-state index in [1.807, 2.05) is 19.1 Å². The first-order valence-corrected chi connectivity index (χ1v) is 5.53. The van der Waals surface area contributed by atoms with E-state index in [1.54, 1.807) is 30.5 Å². The second-order valence-electron chi connectivity index (χ2n) is 3.92. The van der Waals surface area contributed by atoms with Crippen LogP contribution in [-0.4, -0.2) is 16.1 Å². The standard InChI is InChI=1S/C14H13NO3/c1-10-5-6-11(12(8-10)14(16)17)9-18-13-4-2-3-7-15-13/h2-8H,9H2,1H3,(H,16,17). The number of rotatable bonds is 4. The van der Waals surface area contributed by atoms with Crippen LogP contribution >= 0.6 is 0 Å². The van der Waals surface area contributed by atoms with Crippen LogP contribution in [0.15, 0.2) is 42.6 Å². The van der Waals surface area contributed by atoms with E-state index in [2.05, 4.69) is 4.98 Å². The number of aromatic nitrogens is 1. The number of ether oxygens (including phenoxy) is 1. The fraction of sp³-hybridized carbons (Fsp3) is 0.143. The highest BCUT2D eigenvalue weighted by molar-refractivity contribution is 5.89. The lowest BCUT2D eigenvalue weighted by atomic mass is 10.1. The van der Waals surface area contributed by atoms with Crippen molar-refractivity contribution in [3.63, 3.8) is 0 Å². The van der Waals surface area contributed by atoms with E-state index in [1.165, 1.54) is 0 Å². The predicted molar refractivity (Wildman–Crippen MR) is 66.7 cm³/mol. The van der Waals surface area contributed by atoms with Crippen LogP contribution in [-0.2, 0) is 6.61 Å². The topological polar surface area (TPSA) is 59.4 Å². The average molecular weight is 243 g/mol. The van der Waals surface area contributed by atoms with Crippen LogP contribution in [0, 0.1) is 6.92 Å². The highest BCUT2D eigenvalue weighted by Crippen LogP contribution is 2.14. The van der Waals surface area contributed by atoms with Crippen LogP contribution in [0.25, 0.3) is 0 Å². The van der Waals surface area contributed by atoms with Crippen molar-refractivity contribution in [3.8, 4) is 5.88 Å². The number of hydrogen-bond donors (Lipinski definition) is 1. The lowest BCUT2D eigenvalue weighted by molar-refractivity contribution is 0.0693. The van der Waals surface area contributed by atoms with E-state index in [-0.39, 0.29) is 12.2 Å². The number of carboxylic acids is 1. The van der Waals surface area contributed by atoms with Gasteiger partial charge in [-0.15, -0.1) is 0 Å². The molecule has 0 radical (unpaired) electrons. The Bertz CT molecular complexity index is 552. The number of benzene rings is 1. The minimum Gasteiger partial charge on any atom is -0.478 e. The quantitative estimate of drug-likeness (QED) is 0.896. The van der Waals surface area contributed by atoms with Gasteiger partial charge in [0.1, 0.15) is 6.61 Å². The fourth-order valence-corrected chi connectivity index (χ4v) is 1.60. The lowest BCUT2D eigenvalue weighted by Crippen LogP contribution is -2.06. The molecule has 0 saturated heterocycles. The van der Waals surface area contributed by atoms with E-state index in [0.29, 0.717) is 11.4 Å². The summed E-state index contributed by atoms with van der Waals surface area (Å²) in [4.78, 5) is 15.1. The van der Waals surface area contributed by atoms with Crippen molar-refractivity contribution in [1.82, 2.24) is 4.98 Å². The molecule has 0 aliphatic heterocycles. The van der Waals surface area contributed by atoms with Crippen molar-refractivity contribution in [2.24, 2.45) is 0 Å². The van der Waals surface area contributed by atoms with Crippen molar-refractivity contribution < 1.29 is 14.6 Å². The first kappa shape index (κ1) is 12.1. The van der Waals surface area contributed by atoms with Crippen molar-refractivity contribution in [2.75, 3.05) is 0 Å². The smallest absolute Gasteiger partial charge is 0.336 e. The summed E-state index contributed by atoms with van der Waals surface area (Å²) in [6.07, 6.45) is 1.63. The maximum Gasteiger partial charge on any atom is 0.336 e. The number of hydrogen-bond acceptors (Lipinski definition) is 3. The summed E-state index contributed by atoms with van der Waals surface area (Å²) in [5.41, 5.74) is 1.82. The SMILES string of the molecule is Cc1ccc(COc2ccccn2)c(C(=O)O)c1. The summed E-state index contributed by atoms with van der Waals surface area (Å²) < 4.78 is 5.45. The number of pyridine rings is 1. The molecule has 1 heterocycles. The lowest BCUT2D eigenvalue weighted by Gasteiger charge is -2.08. The van der Waals surface area contributed by atoms with E-state index in [4.69, 9.17) is 9.84 Å². The number of carbonyl (C=O) groups is 1. The first-order valence-electron chi connectivity index (χ1n) is 5.53. The molecule has 0 amide bonds. The fourth-order valence-electron chi connectivity index (χ4n) is 1.60. The summed E-state index contributed by atoms with van der Waals surface area (Å²) in [5, 5.41) is 9.12. The molecule has 0 bridgehead atoms. The molecule has 0 unspecified atom stereocenters. The number of aryl methyl sites for hydroxylation is 1. The Hall–Kier alpha value is -2.36. The van der Waals surface area contributed by atoms with Gasteiger partial charge in [0.25, 0.3) is 0 Å². The molecule has 4 nitrogen and oxygen atoms in total. The van der Waals surface area contributed by atoms with Gasteiger partial charge in [-0.1, -0.05) is 23.8 Å². The Balaban J connectivity index is 2.17. The van der Waals surface area contributed by atoms with Gasteiger partial charge in [0.15, 0.2) is 0 Å². The minimum absolute atomic E-state index is 0.193. The van der Waals surface area contributed by atoms with Gasteiger partial charge in [0.2, 0.25) is 5.88 Å². The molecular formula is C14H13NO3. The molecule has 0 fully saturated rings. The molecule has 0 aliphatic rings. The molecule has 0 atom stereocenters. The number of carboxylic acid groups (broad SMARTS) is 1. The maximum absolute atomic E-state index is 11.1. The largest absolute Gasteiger partial charge is 0.478 e. The van der Waals surface area contributed by atoms with Crippen LogP contribution < -0.4 is 4.74 Å². The van der Waals surface area contributed by atoms with E-state index in [0.717, 1.165) is 5.56 Å². The van der Waals surface area contributed by atoms with Gasteiger partial charge >= 0.3 is 5.97 Å². The summed E-state index contributed by atoms with van der Waals surface area (Å²) in [7, 11) is 0. The number of nitrogens with zero attached hydrogens (tertiary/aromatic N) is 1. The third-order valence-electron chi connectivity index (χ3n) is 2.51. The molecule has 0 saturated carbocycles. The molecule has 2 rings (SSSR count). The van der Waals surface area contributed by atoms with Gasteiger partial charge in [-0.2, -0.15) is 0 Å². The highest BCUT2D eigenvalue weighted by atomic mass is 16.5. The zero-order valence-electron chi connectivity index (χ0n) is 9.96. The molecule has 0 spiro atoms. The maximum atomic E-state index is 11.1. The third-order valence-corrected chi connectivity index (χ3v) is 2.51. The van der Waals surface area contributed by atoms with Crippen molar-refractivity contribution in [1.29, 1.82) is 0 Å². The molecule has 92 valence electrons. The molecule has 2 aromatic rings. The van der Waals surface area contributed by atoms with Gasteiger partial charge in [-0.3, -0.25) is 0 Å². The molecule has 4 heteroatoms. The van der Waals surface area contributed by atoms with E-state index < -0.39 is 5.97 Å². The molecular weight excluding hydrogens is 230 g/mol. The second kappa shape index (κ2) is 5.31. The second-order valence-corrected chi connectivity index (χ2v) is 3.92. The van der Waals surface area contributed by atoms with Crippen LogP contribution in [0.3, 0.4) is 0 Å². The van der Waals surface area contributed by atoms with Crippen LogP contribution in [0.2, 0.25) is 0 Å². The molecule has 0 aliphatic carbocycles. The van der Waals surface area contributed by atoms with Crippen LogP contribution in [0.5, 0.6) is 5.88 Å². The third kappa shape index (κ3) is 2.85. The number of aromatic carboxylic acids is 1. The minimum atomic E-state index is -0.946. The van der Waals surface area contributed by atoms with E-state index in [9.17, 15) is 4.79 Å². The Morgan fingerprint density at radius 1 is 1.33 bits per heavy atom. The summed E-state index contributed by atoms with van der Waals surface area (Å²) >= 11 is 0. The Morgan fingerprint density at radius 2 is 2.17 bits per heavy atom. The molecule has 1 aromatic carbocycles. The summed E-state index contributed by atoms with van der Waals surface area (Å²) in [6, 6.07) is 10.6. The predicted octanol–water partition coefficient (Wildman–Crippen LogP) is 2.67. The summed E-state index contributed by atoms with van der Waals surface area (Å²) in [5.74, 6) is -0.465. The zero-order chi connectivity index (χ0) is 13.0. The van der Waals surface area contributed by atoms with Gasteiger partial charge in [0, 0.05) is 17.8 Å². The van der Waals surface area contributed by atoms with Gasteiger partial charge in [0.05, 0.1) is 5.56 Å². The Labute approximate surface area is 105 Å². The zero-order valence-corrected chi connectivity index (χ0v) is 9.96. The van der Waals surface area contributed by atoms with Gasteiger partial charge in [-0.05, 0) is 19.1 Å². The van der Waals surface area contributed by atoms with Gasteiger partial charge < -0.3 is 9.84 Å². The van der Waals surface area contributed by atoms with Crippen molar-refractivity contribution in [3.05, 3.63) is 59.3 Å². The van der Waals surface area contributed by atoms with Gasteiger partial charge in [-0.25, -0.2) is 9.78 Å². The highest BCUT2D eigenvalue weighted by Gasteiger charge is 2.10. The van der Waals surface area contributed by atoms with Crippen LogP contribution in [0.4, 0.5) is 0 Å². The average Bonchev–Trinajstić information content (AvgIpc) is 2.38.